The first-order valence-corrected chi connectivity index (χ1v) is 7.36. The lowest BCUT2D eigenvalue weighted by Crippen LogP contribution is -2.57. The fourth-order valence-electron chi connectivity index (χ4n) is 4.12. The van der Waals surface area contributed by atoms with Crippen molar-refractivity contribution in [2.24, 2.45) is 4.99 Å². The Bertz CT molecular complexity index is 494. The largest absolute Gasteiger partial charge is 0.362 e. The molecule has 2 bridgehead atoms. The minimum absolute atomic E-state index is 0.240. The van der Waals surface area contributed by atoms with E-state index < -0.39 is 0 Å². The van der Waals surface area contributed by atoms with E-state index in [0.29, 0.717) is 0 Å². The molecule has 0 saturated carbocycles. The van der Waals surface area contributed by atoms with E-state index in [1.54, 1.807) is 0 Å². The molecule has 3 heterocycles. The summed E-state index contributed by atoms with van der Waals surface area (Å²) >= 11 is 0. The van der Waals surface area contributed by atoms with Gasteiger partial charge >= 0.3 is 0 Å². The first kappa shape index (κ1) is 11.5. The summed E-state index contributed by atoms with van der Waals surface area (Å²) in [6.45, 7) is 0.956. The van der Waals surface area contributed by atoms with Gasteiger partial charge in [-0.1, -0.05) is 30.3 Å². The van der Waals surface area contributed by atoms with Gasteiger partial charge in [0.05, 0.1) is 12.1 Å². The Kier molecular flexibility index (Phi) is 2.46. The summed E-state index contributed by atoms with van der Waals surface area (Å²) in [6.07, 6.45) is 5.23. The number of rotatable bonds is 1. The lowest BCUT2D eigenvalue weighted by atomic mass is 9.83. The smallest absolute Gasteiger partial charge is 0.128 e. The van der Waals surface area contributed by atoms with Crippen molar-refractivity contribution in [3.05, 3.63) is 35.9 Å². The van der Waals surface area contributed by atoms with E-state index in [0.717, 1.165) is 24.5 Å². The molecule has 1 spiro atoms. The van der Waals surface area contributed by atoms with Crippen molar-refractivity contribution in [3.63, 3.8) is 0 Å². The van der Waals surface area contributed by atoms with Crippen molar-refractivity contribution in [3.8, 4) is 0 Å². The zero-order valence-corrected chi connectivity index (χ0v) is 11.5. The summed E-state index contributed by atoms with van der Waals surface area (Å²) in [4.78, 5) is 7.38. The molecule has 1 aromatic rings. The molecule has 3 heteroatoms. The standard InChI is InChI=1S/C16H21N3/c1-19-13-7-8-14(19)10-16(9-13)11-17-15(18-16)12-5-3-2-4-6-12/h2-6,13-14H,7-11H2,1H3,(H,17,18). The summed E-state index contributed by atoms with van der Waals surface area (Å²) in [6, 6.07) is 12.0. The Labute approximate surface area is 114 Å². The van der Waals surface area contributed by atoms with Crippen molar-refractivity contribution < 1.29 is 0 Å². The number of nitrogens with zero attached hydrogens (tertiary/aromatic N) is 2. The van der Waals surface area contributed by atoms with Crippen LogP contribution >= 0.6 is 0 Å². The van der Waals surface area contributed by atoms with Gasteiger partial charge in [0, 0.05) is 17.6 Å². The maximum Gasteiger partial charge on any atom is 0.128 e. The Hall–Kier alpha value is -1.35. The van der Waals surface area contributed by atoms with Crippen LogP contribution in [0.5, 0.6) is 0 Å². The molecule has 0 aromatic heterocycles. The minimum atomic E-state index is 0.240. The number of benzene rings is 1. The highest BCUT2D eigenvalue weighted by Gasteiger charge is 2.48. The van der Waals surface area contributed by atoms with E-state index in [-0.39, 0.29) is 5.54 Å². The molecular formula is C16H21N3. The number of aliphatic imine (C=N–C) groups is 1. The van der Waals surface area contributed by atoms with E-state index >= 15 is 0 Å². The first-order chi connectivity index (χ1) is 9.26. The SMILES string of the molecule is CN1C2CCC1CC1(CN=C(c3ccccc3)N1)C2. The van der Waals surface area contributed by atoms with Gasteiger partial charge < -0.3 is 10.2 Å². The van der Waals surface area contributed by atoms with Crippen LogP contribution < -0.4 is 5.32 Å². The summed E-state index contributed by atoms with van der Waals surface area (Å²) in [7, 11) is 2.29. The molecule has 19 heavy (non-hydrogen) atoms. The van der Waals surface area contributed by atoms with Crippen molar-refractivity contribution in [2.45, 2.75) is 43.3 Å². The molecule has 1 N–H and O–H groups in total. The fourth-order valence-corrected chi connectivity index (χ4v) is 4.12. The molecule has 100 valence electrons. The van der Waals surface area contributed by atoms with Crippen LogP contribution in [-0.2, 0) is 0 Å². The molecule has 2 saturated heterocycles. The predicted molar refractivity (Wildman–Crippen MR) is 77.5 cm³/mol. The summed E-state index contributed by atoms with van der Waals surface area (Å²) in [5.74, 6) is 1.10. The lowest BCUT2D eigenvalue weighted by Gasteiger charge is -2.43. The predicted octanol–water partition coefficient (Wildman–Crippen LogP) is 2.03. The Morgan fingerprint density at radius 3 is 2.53 bits per heavy atom. The average Bonchev–Trinajstić information content (AvgIpc) is 2.92. The highest BCUT2D eigenvalue weighted by Crippen LogP contribution is 2.41. The second-order valence-corrected chi connectivity index (χ2v) is 6.39. The van der Waals surface area contributed by atoms with Crippen LogP contribution in [-0.4, -0.2) is 42.0 Å². The summed E-state index contributed by atoms with van der Waals surface area (Å²) < 4.78 is 0. The number of nitrogens with one attached hydrogen (secondary N) is 1. The Morgan fingerprint density at radius 1 is 1.16 bits per heavy atom. The van der Waals surface area contributed by atoms with Gasteiger partial charge in [0.1, 0.15) is 5.84 Å². The van der Waals surface area contributed by atoms with Crippen LogP contribution in [0.1, 0.15) is 31.2 Å². The number of fused-ring (bicyclic) bond motifs is 2. The number of piperidine rings is 1. The van der Waals surface area contributed by atoms with Gasteiger partial charge in [0.25, 0.3) is 0 Å². The maximum atomic E-state index is 4.79. The average molecular weight is 255 g/mol. The van der Waals surface area contributed by atoms with E-state index in [1.165, 1.54) is 31.2 Å². The fraction of sp³-hybridized carbons (Fsp3) is 0.562. The lowest BCUT2D eigenvalue weighted by molar-refractivity contribution is 0.111. The highest BCUT2D eigenvalue weighted by atomic mass is 15.2. The van der Waals surface area contributed by atoms with Gasteiger partial charge in [0.15, 0.2) is 0 Å². The van der Waals surface area contributed by atoms with Gasteiger partial charge in [-0.2, -0.15) is 0 Å². The molecule has 3 nitrogen and oxygen atoms in total. The summed E-state index contributed by atoms with van der Waals surface area (Å²) in [5.41, 5.74) is 1.47. The molecule has 2 atom stereocenters. The molecule has 2 unspecified atom stereocenters. The molecule has 0 radical (unpaired) electrons. The van der Waals surface area contributed by atoms with Crippen LogP contribution in [0.3, 0.4) is 0 Å². The Morgan fingerprint density at radius 2 is 1.84 bits per heavy atom. The molecule has 1 aromatic carbocycles. The van der Waals surface area contributed by atoms with E-state index in [4.69, 9.17) is 4.99 Å². The van der Waals surface area contributed by atoms with Gasteiger partial charge in [-0.15, -0.1) is 0 Å². The van der Waals surface area contributed by atoms with Gasteiger partial charge in [-0.05, 0) is 32.7 Å². The third-order valence-electron chi connectivity index (χ3n) is 5.21. The maximum absolute atomic E-state index is 4.79. The van der Waals surface area contributed by atoms with Crippen molar-refractivity contribution in [2.75, 3.05) is 13.6 Å². The molecular weight excluding hydrogens is 234 g/mol. The topological polar surface area (TPSA) is 27.6 Å². The number of amidine groups is 1. The molecule has 3 aliphatic heterocycles. The van der Waals surface area contributed by atoms with Crippen LogP contribution in [0, 0.1) is 0 Å². The molecule has 3 aliphatic rings. The van der Waals surface area contributed by atoms with Gasteiger partial charge in [0.2, 0.25) is 0 Å². The van der Waals surface area contributed by atoms with Crippen LogP contribution in [0.25, 0.3) is 0 Å². The van der Waals surface area contributed by atoms with E-state index in [2.05, 4.69) is 47.6 Å². The van der Waals surface area contributed by atoms with Crippen molar-refractivity contribution >= 4 is 5.84 Å². The zero-order chi connectivity index (χ0) is 12.9. The van der Waals surface area contributed by atoms with E-state index in [1.807, 2.05) is 0 Å². The molecule has 4 rings (SSSR count). The zero-order valence-electron chi connectivity index (χ0n) is 11.5. The molecule has 2 fully saturated rings. The van der Waals surface area contributed by atoms with E-state index in [9.17, 15) is 0 Å². The summed E-state index contributed by atoms with van der Waals surface area (Å²) in [5, 5.41) is 3.77. The van der Waals surface area contributed by atoms with Crippen LogP contribution in [0.4, 0.5) is 0 Å². The third-order valence-corrected chi connectivity index (χ3v) is 5.21. The van der Waals surface area contributed by atoms with Crippen molar-refractivity contribution in [1.29, 1.82) is 0 Å². The highest BCUT2D eigenvalue weighted by molar-refractivity contribution is 6.00. The number of hydrogen-bond acceptors (Lipinski definition) is 3. The Balaban J connectivity index is 1.55. The second kappa shape index (κ2) is 4.07. The monoisotopic (exact) mass is 255 g/mol. The number of hydrogen-bond donors (Lipinski definition) is 1. The van der Waals surface area contributed by atoms with Crippen molar-refractivity contribution in [1.82, 2.24) is 10.2 Å². The van der Waals surface area contributed by atoms with Crippen LogP contribution in [0.2, 0.25) is 0 Å². The first-order valence-electron chi connectivity index (χ1n) is 7.36. The van der Waals surface area contributed by atoms with Gasteiger partial charge in [-0.3, -0.25) is 4.99 Å². The minimum Gasteiger partial charge on any atom is -0.362 e. The van der Waals surface area contributed by atoms with Gasteiger partial charge in [-0.25, -0.2) is 0 Å². The second-order valence-electron chi connectivity index (χ2n) is 6.39. The normalized spacial score (nSPS) is 37.4. The third kappa shape index (κ3) is 1.79. The molecule has 0 amide bonds. The molecule has 0 aliphatic carbocycles. The quantitative estimate of drug-likeness (QED) is 0.831. The van der Waals surface area contributed by atoms with Crippen LogP contribution in [0.15, 0.2) is 35.3 Å².